The monoisotopic (exact) mass is 309 g/mol. The molecule has 1 saturated carbocycles. The molecule has 1 aromatic heterocycles. The van der Waals surface area contributed by atoms with Gasteiger partial charge in [-0.3, -0.25) is 0 Å². The van der Waals surface area contributed by atoms with Crippen LogP contribution in [0.2, 0.25) is 10.0 Å². The molecule has 5 heteroatoms. The molecule has 1 fully saturated rings. The van der Waals surface area contributed by atoms with Crippen molar-refractivity contribution in [3.05, 3.63) is 52.5 Å². The molecule has 3 rings (SSSR count). The molecule has 2 unspecified atom stereocenters. The predicted octanol–water partition coefficient (Wildman–Crippen LogP) is 4.07. The van der Waals surface area contributed by atoms with E-state index in [1.807, 2.05) is 30.9 Å². The SMILES string of the molecule is Clc1ccc(CNC2CCCC2n2ccnc2)c(Cl)c1. The van der Waals surface area contributed by atoms with E-state index in [9.17, 15) is 0 Å². The summed E-state index contributed by atoms with van der Waals surface area (Å²) < 4.78 is 2.20. The van der Waals surface area contributed by atoms with Crippen LogP contribution in [0.5, 0.6) is 0 Å². The van der Waals surface area contributed by atoms with E-state index in [0.717, 1.165) is 17.1 Å². The standard InChI is InChI=1S/C15H17Cl2N3/c16-12-5-4-11(13(17)8-12)9-19-14-2-1-3-15(14)20-7-6-18-10-20/h4-8,10,14-15,19H,1-3,9H2. The number of aromatic nitrogens is 2. The number of imidazole rings is 1. The van der Waals surface area contributed by atoms with Gasteiger partial charge in [0.1, 0.15) is 0 Å². The Kier molecular flexibility index (Phi) is 4.29. The zero-order valence-electron chi connectivity index (χ0n) is 11.1. The van der Waals surface area contributed by atoms with Gasteiger partial charge in [0.15, 0.2) is 0 Å². The fraction of sp³-hybridized carbons (Fsp3) is 0.400. The Morgan fingerprint density at radius 2 is 2.20 bits per heavy atom. The first-order chi connectivity index (χ1) is 9.74. The van der Waals surface area contributed by atoms with E-state index in [2.05, 4.69) is 14.9 Å². The molecule has 0 spiro atoms. The van der Waals surface area contributed by atoms with Crippen LogP contribution < -0.4 is 5.32 Å². The molecule has 0 radical (unpaired) electrons. The second-order valence-electron chi connectivity index (χ2n) is 5.23. The highest BCUT2D eigenvalue weighted by molar-refractivity contribution is 6.35. The quantitative estimate of drug-likeness (QED) is 0.922. The Hall–Kier alpha value is -1.03. The zero-order valence-corrected chi connectivity index (χ0v) is 12.6. The first-order valence-corrected chi connectivity index (χ1v) is 7.64. The van der Waals surface area contributed by atoms with Gasteiger partial charge in [-0.2, -0.15) is 0 Å². The number of hydrogen-bond acceptors (Lipinski definition) is 2. The molecule has 20 heavy (non-hydrogen) atoms. The molecule has 1 N–H and O–H groups in total. The highest BCUT2D eigenvalue weighted by Gasteiger charge is 2.27. The predicted molar refractivity (Wildman–Crippen MR) is 82.2 cm³/mol. The molecule has 0 bridgehead atoms. The first kappa shape index (κ1) is 13.9. The van der Waals surface area contributed by atoms with Crippen LogP contribution in [-0.4, -0.2) is 15.6 Å². The van der Waals surface area contributed by atoms with Crippen molar-refractivity contribution < 1.29 is 0 Å². The van der Waals surface area contributed by atoms with Crippen molar-refractivity contribution in [1.82, 2.24) is 14.9 Å². The van der Waals surface area contributed by atoms with Crippen molar-refractivity contribution in [3.63, 3.8) is 0 Å². The Morgan fingerprint density at radius 3 is 2.95 bits per heavy atom. The molecule has 106 valence electrons. The number of nitrogens with one attached hydrogen (secondary N) is 1. The fourth-order valence-electron chi connectivity index (χ4n) is 2.91. The molecule has 2 atom stereocenters. The van der Waals surface area contributed by atoms with E-state index in [1.165, 1.54) is 19.3 Å². The lowest BCUT2D eigenvalue weighted by molar-refractivity contribution is 0.390. The molecule has 2 aromatic rings. The first-order valence-electron chi connectivity index (χ1n) is 6.89. The molecule has 1 aliphatic carbocycles. The molecular formula is C15H17Cl2N3. The fourth-order valence-corrected chi connectivity index (χ4v) is 3.38. The van der Waals surface area contributed by atoms with Crippen LogP contribution in [-0.2, 0) is 6.54 Å². The van der Waals surface area contributed by atoms with Gasteiger partial charge in [-0.1, -0.05) is 29.3 Å². The van der Waals surface area contributed by atoms with Gasteiger partial charge in [0, 0.05) is 41.1 Å². The smallest absolute Gasteiger partial charge is 0.0949 e. The van der Waals surface area contributed by atoms with Crippen LogP contribution >= 0.6 is 23.2 Å². The number of halogens is 2. The maximum atomic E-state index is 6.21. The Morgan fingerprint density at radius 1 is 1.30 bits per heavy atom. The molecule has 1 aliphatic rings. The van der Waals surface area contributed by atoms with E-state index >= 15 is 0 Å². The molecule has 1 heterocycles. The summed E-state index contributed by atoms with van der Waals surface area (Å²) in [5.41, 5.74) is 1.09. The second kappa shape index (κ2) is 6.17. The van der Waals surface area contributed by atoms with E-state index in [0.29, 0.717) is 17.1 Å². The lowest BCUT2D eigenvalue weighted by Crippen LogP contribution is -2.33. The lowest BCUT2D eigenvalue weighted by Gasteiger charge is -2.22. The average molecular weight is 310 g/mol. The summed E-state index contributed by atoms with van der Waals surface area (Å²) >= 11 is 12.1. The van der Waals surface area contributed by atoms with Gasteiger partial charge in [0.25, 0.3) is 0 Å². The summed E-state index contributed by atoms with van der Waals surface area (Å²) in [6, 6.07) is 6.62. The third-order valence-electron chi connectivity index (χ3n) is 3.96. The molecule has 0 amide bonds. The maximum Gasteiger partial charge on any atom is 0.0949 e. The molecule has 3 nitrogen and oxygen atoms in total. The van der Waals surface area contributed by atoms with E-state index in [4.69, 9.17) is 23.2 Å². The number of benzene rings is 1. The highest BCUT2D eigenvalue weighted by atomic mass is 35.5. The molecule has 0 aliphatic heterocycles. The second-order valence-corrected chi connectivity index (χ2v) is 6.07. The van der Waals surface area contributed by atoms with Crippen LogP contribution in [0.15, 0.2) is 36.9 Å². The third kappa shape index (κ3) is 3.00. The van der Waals surface area contributed by atoms with Crippen molar-refractivity contribution in [2.45, 2.75) is 37.9 Å². The van der Waals surface area contributed by atoms with Crippen molar-refractivity contribution in [2.24, 2.45) is 0 Å². The minimum atomic E-state index is 0.468. The molecule has 0 saturated heterocycles. The van der Waals surface area contributed by atoms with Gasteiger partial charge in [-0.25, -0.2) is 4.98 Å². The summed E-state index contributed by atoms with van der Waals surface area (Å²) in [6.45, 7) is 0.770. The van der Waals surface area contributed by atoms with Crippen LogP contribution in [0.4, 0.5) is 0 Å². The Bertz CT molecular complexity index is 569. The van der Waals surface area contributed by atoms with Crippen molar-refractivity contribution in [1.29, 1.82) is 0 Å². The van der Waals surface area contributed by atoms with Crippen LogP contribution in [0.3, 0.4) is 0 Å². The number of rotatable bonds is 4. The van der Waals surface area contributed by atoms with Gasteiger partial charge in [0.2, 0.25) is 0 Å². The van der Waals surface area contributed by atoms with E-state index < -0.39 is 0 Å². The lowest BCUT2D eigenvalue weighted by atomic mass is 10.1. The van der Waals surface area contributed by atoms with Gasteiger partial charge < -0.3 is 9.88 Å². The number of nitrogens with zero attached hydrogens (tertiary/aromatic N) is 2. The summed E-state index contributed by atoms with van der Waals surface area (Å²) in [5, 5.41) is 5.02. The topological polar surface area (TPSA) is 29.9 Å². The van der Waals surface area contributed by atoms with Crippen LogP contribution in [0.25, 0.3) is 0 Å². The average Bonchev–Trinajstić information content (AvgIpc) is 3.08. The maximum absolute atomic E-state index is 6.21. The molecular weight excluding hydrogens is 293 g/mol. The van der Waals surface area contributed by atoms with Crippen LogP contribution in [0.1, 0.15) is 30.9 Å². The number of hydrogen-bond donors (Lipinski definition) is 1. The van der Waals surface area contributed by atoms with E-state index in [1.54, 1.807) is 6.07 Å². The van der Waals surface area contributed by atoms with Crippen LogP contribution in [0, 0.1) is 0 Å². The van der Waals surface area contributed by atoms with Gasteiger partial charge >= 0.3 is 0 Å². The van der Waals surface area contributed by atoms with Gasteiger partial charge in [0.05, 0.1) is 6.33 Å². The van der Waals surface area contributed by atoms with E-state index in [-0.39, 0.29) is 0 Å². The minimum absolute atomic E-state index is 0.468. The largest absolute Gasteiger partial charge is 0.333 e. The summed E-state index contributed by atoms with van der Waals surface area (Å²) in [7, 11) is 0. The normalized spacial score (nSPS) is 22.3. The van der Waals surface area contributed by atoms with Crippen molar-refractivity contribution in [3.8, 4) is 0 Å². The summed E-state index contributed by atoms with van der Waals surface area (Å²) in [4.78, 5) is 4.14. The van der Waals surface area contributed by atoms with Gasteiger partial charge in [-0.05, 0) is 37.0 Å². The van der Waals surface area contributed by atoms with Gasteiger partial charge in [-0.15, -0.1) is 0 Å². The highest BCUT2D eigenvalue weighted by Crippen LogP contribution is 2.30. The Labute approximate surface area is 128 Å². The molecule has 1 aromatic carbocycles. The summed E-state index contributed by atoms with van der Waals surface area (Å²) in [5.74, 6) is 0. The minimum Gasteiger partial charge on any atom is -0.333 e. The van der Waals surface area contributed by atoms with Crippen molar-refractivity contribution in [2.75, 3.05) is 0 Å². The Balaban J connectivity index is 1.65. The summed E-state index contributed by atoms with van der Waals surface area (Å²) in [6.07, 6.45) is 9.41. The van der Waals surface area contributed by atoms with Crippen molar-refractivity contribution >= 4 is 23.2 Å². The zero-order chi connectivity index (χ0) is 13.9. The third-order valence-corrected chi connectivity index (χ3v) is 4.54.